The van der Waals surface area contributed by atoms with Crippen molar-refractivity contribution in [3.63, 3.8) is 0 Å². The van der Waals surface area contributed by atoms with Gasteiger partial charge in [-0.15, -0.1) is 0 Å². The monoisotopic (exact) mass is 299 g/mol. The number of benzene rings is 1. The molecule has 0 unspecified atom stereocenters. The highest BCUT2D eigenvalue weighted by atomic mass is 32.2. The maximum absolute atomic E-state index is 11.8. The SMILES string of the molecule is CON=C(C)Cc1c(S(C)(=O)=O)ccc(C(=O)O)c1C. The summed E-state index contributed by atoms with van der Waals surface area (Å²) in [7, 11) is -2.06. The van der Waals surface area contributed by atoms with Gasteiger partial charge in [0, 0.05) is 12.7 Å². The minimum Gasteiger partial charge on any atom is -0.478 e. The first-order valence-corrected chi connectivity index (χ1v) is 7.70. The third-order valence-electron chi connectivity index (χ3n) is 2.87. The van der Waals surface area contributed by atoms with Crippen molar-refractivity contribution in [3.8, 4) is 0 Å². The van der Waals surface area contributed by atoms with Crippen LogP contribution in [0.2, 0.25) is 0 Å². The molecule has 0 saturated carbocycles. The Kier molecular flexibility index (Phi) is 4.88. The predicted molar refractivity (Wildman–Crippen MR) is 75.1 cm³/mol. The molecule has 1 aromatic rings. The fourth-order valence-corrected chi connectivity index (χ4v) is 2.96. The molecule has 0 aliphatic rings. The van der Waals surface area contributed by atoms with Gasteiger partial charge in [-0.3, -0.25) is 0 Å². The Labute approximate surface area is 118 Å². The van der Waals surface area contributed by atoms with Crippen molar-refractivity contribution in [2.75, 3.05) is 13.4 Å². The van der Waals surface area contributed by atoms with Crippen LogP contribution in [-0.4, -0.2) is 38.6 Å². The average Bonchev–Trinajstić information content (AvgIpc) is 2.29. The molecule has 110 valence electrons. The lowest BCUT2D eigenvalue weighted by Crippen LogP contribution is -2.12. The van der Waals surface area contributed by atoms with Gasteiger partial charge in [0.25, 0.3) is 0 Å². The number of carbonyl (C=O) groups is 1. The number of hydrogen-bond acceptors (Lipinski definition) is 5. The average molecular weight is 299 g/mol. The fourth-order valence-electron chi connectivity index (χ4n) is 1.97. The molecule has 1 rings (SSSR count). The first-order chi connectivity index (χ1) is 9.18. The smallest absolute Gasteiger partial charge is 0.335 e. The molecule has 0 heterocycles. The topological polar surface area (TPSA) is 93.0 Å². The van der Waals surface area contributed by atoms with E-state index in [2.05, 4.69) is 9.99 Å². The minimum atomic E-state index is -3.45. The van der Waals surface area contributed by atoms with E-state index in [0.29, 0.717) is 16.8 Å². The minimum absolute atomic E-state index is 0.0811. The highest BCUT2D eigenvalue weighted by molar-refractivity contribution is 7.90. The van der Waals surface area contributed by atoms with Crippen molar-refractivity contribution in [3.05, 3.63) is 28.8 Å². The lowest BCUT2D eigenvalue weighted by atomic mass is 9.98. The summed E-state index contributed by atoms with van der Waals surface area (Å²) in [6.45, 7) is 3.27. The second kappa shape index (κ2) is 6.04. The Morgan fingerprint density at radius 3 is 2.45 bits per heavy atom. The van der Waals surface area contributed by atoms with Gasteiger partial charge in [-0.05, 0) is 37.1 Å². The fraction of sp³-hybridized carbons (Fsp3) is 0.385. The van der Waals surface area contributed by atoms with Gasteiger partial charge in [0.05, 0.1) is 16.2 Å². The Hall–Kier alpha value is -1.89. The van der Waals surface area contributed by atoms with Gasteiger partial charge in [0.1, 0.15) is 7.11 Å². The zero-order chi connectivity index (χ0) is 15.5. The van der Waals surface area contributed by atoms with Gasteiger partial charge in [-0.25, -0.2) is 13.2 Å². The van der Waals surface area contributed by atoms with Crippen LogP contribution in [0.25, 0.3) is 0 Å². The molecule has 0 fully saturated rings. The summed E-state index contributed by atoms with van der Waals surface area (Å²) in [6.07, 6.45) is 1.30. The van der Waals surface area contributed by atoms with Crippen LogP contribution in [0.4, 0.5) is 0 Å². The van der Waals surface area contributed by atoms with Crippen LogP contribution in [0, 0.1) is 6.92 Å². The Morgan fingerprint density at radius 2 is 2.00 bits per heavy atom. The normalized spacial score (nSPS) is 12.3. The molecular formula is C13H17NO5S. The van der Waals surface area contributed by atoms with Crippen LogP contribution in [0.15, 0.2) is 22.2 Å². The molecule has 0 aromatic heterocycles. The van der Waals surface area contributed by atoms with Crippen molar-refractivity contribution in [2.24, 2.45) is 5.16 Å². The van der Waals surface area contributed by atoms with Gasteiger partial charge in [0.2, 0.25) is 0 Å². The van der Waals surface area contributed by atoms with Gasteiger partial charge in [-0.1, -0.05) is 5.16 Å². The second-order valence-electron chi connectivity index (χ2n) is 4.48. The molecule has 0 aliphatic heterocycles. The molecule has 0 atom stereocenters. The Morgan fingerprint density at radius 1 is 1.40 bits per heavy atom. The van der Waals surface area contributed by atoms with E-state index in [1.165, 1.54) is 19.2 Å². The van der Waals surface area contributed by atoms with E-state index in [1.807, 2.05) is 0 Å². The first kappa shape index (κ1) is 16.2. The highest BCUT2D eigenvalue weighted by Gasteiger charge is 2.20. The molecule has 0 radical (unpaired) electrons. The lowest BCUT2D eigenvalue weighted by molar-refractivity contribution is 0.0696. The number of aromatic carboxylic acids is 1. The molecule has 1 aromatic carbocycles. The van der Waals surface area contributed by atoms with E-state index >= 15 is 0 Å². The predicted octanol–water partition coefficient (Wildman–Crippen LogP) is 1.66. The molecule has 0 bridgehead atoms. The molecule has 6 nitrogen and oxygen atoms in total. The van der Waals surface area contributed by atoms with Crippen molar-refractivity contribution in [1.29, 1.82) is 0 Å². The van der Waals surface area contributed by atoms with E-state index in [1.54, 1.807) is 13.8 Å². The molecule has 20 heavy (non-hydrogen) atoms. The molecular weight excluding hydrogens is 282 g/mol. The molecule has 0 amide bonds. The standard InChI is InChI=1S/C13H17NO5S/c1-8(14-19-3)7-11-9(2)10(13(15)16)5-6-12(11)20(4,17)18/h5-6H,7H2,1-4H3,(H,15,16). The zero-order valence-corrected chi connectivity index (χ0v) is 12.6. The maximum Gasteiger partial charge on any atom is 0.335 e. The van der Waals surface area contributed by atoms with Crippen molar-refractivity contribution >= 4 is 21.5 Å². The van der Waals surface area contributed by atoms with E-state index in [0.717, 1.165) is 6.26 Å². The van der Waals surface area contributed by atoms with E-state index in [4.69, 9.17) is 5.11 Å². The summed E-state index contributed by atoms with van der Waals surface area (Å²) >= 11 is 0. The molecule has 1 N–H and O–H groups in total. The van der Waals surface area contributed by atoms with Crippen LogP contribution in [0.3, 0.4) is 0 Å². The third-order valence-corrected chi connectivity index (χ3v) is 4.05. The number of rotatable bonds is 5. The lowest BCUT2D eigenvalue weighted by Gasteiger charge is -2.13. The van der Waals surface area contributed by atoms with E-state index in [-0.39, 0.29) is 16.9 Å². The highest BCUT2D eigenvalue weighted by Crippen LogP contribution is 2.24. The van der Waals surface area contributed by atoms with Crippen LogP contribution in [0.1, 0.15) is 28.4 Å². The Balaban J connectivity index is 3.53. The number of sulfone groups is 1. The number of carboxylic acid groups (broad SMARTS) is 1. The third kappa shape index (κ3) is 3.57. The number of oxime groups is 1. The summed E-state index contributed by atoms with van der Waals surface area (Å²) < 4.78 is 23.6. The Bertz CT molecular complexity index is 662. The van der Waals surface area contributed by atoms with Crippen molar-refractivity contribution in [1.82, 2.24) is 0 Å². The van der Waals surface area contributed by atoms with Crippen LogP contribution < -0.4 is 0 Å². The van der Waals surface area contributed by atoms with Crippen LogP contribution in [0.5, 0.6) is 0 Å². The quantitative estimate of drug-likeness (QED) is 0.659. The summed E-state index contributed by atoms with van der Waals surface area (Å²) in [4.78, 5) is 15.9. The van der Waals surface area contributed by atoms with Gasteiger partial charge >= 0.3 is 5.97 Å². The van der Waals surface area contributed by atoms with E-state index < -0.39 is 15.8 Å². The van der Waals surface area contributed by atoms with Gasteiger partial charge in [-0.2, -0.15) is 0 Å². The van der Waals surface area contributed by atoms with Gasteiger partial charge in [0.15, 0.2) is 9.84 Å². The van der Waals surface area contributed by atoms with E-state index in [9.17, 15) is 13.2 Å². The largest absolute Gasteiger partial charge is 0.478 e. The maximum atomic E-state index is 11.8. The van der Waals surface area contributed by atoms with Crippen molar-refractivity contribution in [2.45, 2.75) is 25.2 Å². The van der Waals surface area contributed by atoms with Gasteiger partial charge < -0.3 is 9.94 Å². The molecule has 0 saturated heterocycles. The summed E-state index contributed by atoms with van der Waals surface area (Å²) in [5, 5.41) is 12.8. The first-order valence-electron chi connectivity index (χ1n) is 5.81. The van der Waals surface area contributed by atoms with Crippen LogP contribution in [-0.2, 0) is 21.1 Å². The zero-order valence-electron chi connectivity index (χ0n) is 11.8. The molecule has 0 spiro atoms. The molecule has 7 heteroatoms. The number of nitrogens with zero attached hydrogens (tertiary/aromatic N) is 1. The number of hydrogen-bond donors (Lipinski definition) is 1. The molecule has 0 aliphatic carbocycles. The van der Waals surface area contributed by atoms with Crippen molar-refractivity contribution < 1.29 is 23.2 Å². The number of carboxylic acids is 1. The van der Waals surface area contributed by atoms with Crippen LogP contribution >= 0.6 is 0 Å². The second-order valence-corrected chi connectivity index (χ2v) is 6.46. The summed E-state index contributed by atoms with van der Waals surface area (Å²) in [5.41, 5.74) is 1.50. The summed E-state index contributed by atoms with van der Waals surface area (Å²) in [5.74, 6) is -1.09. The summed E-state index contributed by atoms with van der Waals surface area (Å²) in [6, 6.07) is 2.63.